The zero-order valence-electron chi connectivity index (χ0n) is 9.50. The van der Waals surface area contributed by atoms with Crippen LogP contribution >= 0.6 is 23.4 Å². The average molecular weight is 284 g/mol. The van der Waals surface area contributed by atoms with E-state index in [2.05, 4.69) is 10.1 Å². The van der Waals surface area contributed by atoms with Crippen molar-refractivity contribution in [1.82, 2.24) is 14.8 Å². The van der Waals surface area contributed by atoms with Crippen LogP contribution in [0.5, 0.6) is 0 Å². The van der Waals surface area contributed by atoms with Crippen LogP contribution in [0, 0.1) is 0 Å². The van der Waals surface area contributed by atoms with E-state index in [1.165, 1.54) is 18.1 Å². The standard InChI is InChI=1S/C11H10ClN3O2S/c1-15-10(13-6-14-15)5-18-7-2-3-9(12)8(4-7)11(16)17/h2-4,6H,5H2,1H3,(H,16,17). The van der Waals surface area contributed by atoms with Crippen molar-refractivity contribution in [3.63, 3.8) is 0 Å². The minimum atomic E-state index is -1.03. The Balaban J connectivity index is 2.13. The topological polar surface area (TPSA) is 68.0 Å². The number of hydrogen-bond donors (Lipinski definition) is 1. The molecule has 7 heteroatoms. The largest absolute Gasteiger partial charge is 0.478 e. The number of carbonyl (C=O) groups is 1. The maximum absolute atomic E-state index is 10.9. The first kappa shape index (κ1) is 12.9. The Morgan fingerprint density at radius 2 is 2.33 bits per heavy atom. The van der Waals surface area contributed by atoms with Crippen molar-refractivity contribution >= 4 is 29.3 Å². The van der Waals surface area contributed by atoms with Crippen LogP contribution in [0.15, 0.2) is 29.4 Å². The van der Waals surface area contributed by atoms with Gasteiger partial charge in [-0.25, -0.2) is 9.78 Å². The second kappa shape index (κ2) is 5.41. The van der Waals surface area contributed by atoms with E-state index in [9.17, 15) is 4.79 Å². The van der Waals surface area contributed by atoms with Gasteiger partial charge in [-0.1, -0.05) is 11.6 Å². The Morgan fingerprint density at radius 3 is 2.94 bits per heavy atom. The Bertz CT molecular complexity index is 585. The van der Waals surface area contributed by atoms with E-state index in [0.29, 0.717) is 5.75 Å². The van der Waals surface area contributed by atoms with E-state index < -0.39 is 5.97 Å². The van der Waals surface area contributed by atoms with Crippen molar-refractivity contribution < 1.29 is 9.90 Å². The summed E-state index contributed by atoms with van der Waals surface area (Å²) in [7, 11) is 1.81. The first-order valence-electron chi connectivity index (χ1n) is 5.06. The fourth-order valence-corrected chi connectivity index (χ4v) is 2.48. The van der Waals surface area contributed by atoms with Crippen molar-refractivity contribution in [3.8, 4) is 0 Å². The van der Waals surface area contributed by atoms with Crippen LogP contribution in [0.3, 0.4) is 0 Å². The van der Waals surface area contributed by atoms with Gasteiger partial charge in [0.15, 0.2) is 0 Å². The molecule has 5 nitrogen and oxygen atoms in total. The number of carboxylic acids is 1. The molecule has 0 aliphatic heterocycles. The zero-order valence-corrected chi connectivity index (χ0v) is 11.1. The van der Waals surface area contributed by atoms with Crippen LogP contribution in [0.25, 0.3) is 0 Å². The molecule has 0 spiro atoms. The third-order valence-electron chi connectivity index (χ3n) is 2.34. The van der Waals surface area contributed by atoms with Gasteiger partial charge < -0.3 is 5.11 Å². The summed E-state index contributed by atoms with van der Waals surface area (Å²) >= 11 is 7.29. The van der Waals surface area contributed by atoms with Crippen LogP contribution < -0.4 is 0 Å². The van der Waals surface area contributed by atoms with E-state index in [-0.39, 0.29) is 10.6 Å². The molecule has 0 saturated carbocycles. The number of carboxylic acid groups (broad SMARTS) is 1. The molecule has 0 fully saturated rings. The van der Waals surface area contributed by atoms with Gasteiger partial charge in [0.2, 0.25) is 0 Å². The normalized spacial score (nSPS) is 10.6. The Morgan fingerprint density at radius 1 is 1.56 bits per heavy atom. The van der Waals surface area contributed by atoms with Crippen molar-refractivity contribution in [2.45, 2.75) is 10.6 Å². The van der Waals surface area contributed by atoms with Gasteiger partial charge in [-0.3, -0.25) is 4.68 Å². The highest BCUT2D eigenvalue weighted by Crippen LogP contribution is 2.26. The molecule has 0 atom stereocenters. The second-order valence-corrected chi connectivity index (χ2v) is 4.99. The molecule has 0 radical (unpaired) electrons. The Kier molecular flexibility index (Phi) is 3.88. The maximum Gasteiger partial charge on any atom is 0.337 e. The van der Waals surface area contributed by atoms with Gasteiger partial charge in [-0.15, -0.1) is 11.8 Å². The van der Waals surface area contributed by atoms with Gasteiger partial charge in [-0.2, -0.15) is 5.10 Å². The lowest BCUT2D eigenvalue weighted by atomic mass is 10.2. The van der Waals surface area contributed by atoms with Gasteiger partial charge in [0.1, 0.15) is 12.2 Å². The summed E-state index contributed by atoms with van der Waals surface area (Å²) in [6, 6.07) is 4.94. The molecule has 0 amide bonds. The number of aromatic nitrogens is 3. The van der Waals surface area contributed by atoms with E-state index in [4.69, 9.17) is 16.7 Å². The number of hydrogen-bond acceptors (Lipinski definition) is 4. The predicted molar refractivity (Wildman–Crippen MR) is 69.0 cm³/mol. The molecule has 0 unspecified atom stereocenters. The summed E-state index contributed by atoms with van der Waals surface area (Å²) in [5, 5.41) is 13.2. The van der Waals surface area contributed by atoms with Crippen molar-refractivity contribution in [2.75, 3.05) is 0 Å². The molecule has 18 heavy (non-hydrogen) atoms. The molecular formula is C11H10ClN3O2S. The van der Waals surface area contributed by atoms with E-state index >= 15 is 0 Å². The molecule has 1 N–H and O–H groups in total. The lowest BCUT2D eigenvalue weighted by Crippen LogP contribution is -1.99. The number of thioether (sulfide) groups is 1. The van der Waals surface area contributed by atoms with Crippen LogP contribution in [-0.2, 0) is 12.8 Å². The van der Waals surface area contributed by atoms with Gasteiger partial charge in [0.25, 0.3) is 0 Å². The highest BCUT2D eigenvalue weighted by molar-refractivity contribution is 7.98. The smallest absolute Gasteiger partial charge is 0.337 e. The molecule has 0 bridgehead atoms. The first-order valence-corrected chi connectivity index (χ1v) is 6.43. The number of benzene rings is 1. The Hall–Kier alpha value is -1.53. The van der Waals surface area contributed by atoms with Crippen LogP contribution in [0.1, 0.15) is 16.2 Å². The summed E-state index contributed by atoms with van der Waals surface area (Å²) in [6.45, 7) is 0. The van der Waals surface area contributed by atoms with Gasteiger partial charge in [0.05, 0.1) is 16.3 Å². The monoisotopic (exact) mass is 283 g/mol. The molecule has 94 valence electrons. The third kappa shape index (κ3) is 2.83. The van der Waals surface area contributed by atoms with Crippen LogP contribution in [0.4, 0.5) is 0 Å². The summed E-state index contributed by atoms with van der Waals surface area (Å²) in [5.41, 5.74) is 0.111. The molecule has 1 aromatic heterocycles. The fraction of sp³-hybridized carbons (Fsp3) is 0.182. The maximum atomic E-state index is 10.9. The van der Waals surface area contributed by atoms with E-state index in [1.807, 2.05) is 7.05 Å². The van der Waals surface area contributed by atoms with Crippen molar-refractivity contribution in [2.24, 2.45) is 7.05 Å². The SMILES string of the molecule is Cn1ncnc1CSc1ccc(Cl)c(C(=O)O)c1. The highest BCUT2D eigenvalue weighted by Gasteiger charge is 2.10. The molecule has 0 aliphatic carbocycles. The van der Waals surface area contributed by atoms with Crippen LogP contribution in [0.2, 0.25) is 5.02 Å². The third-order valence-corrected chi connectivity index (χ3v) is 3.66. The molecular weight excluding hydrogens is 274 g/mol. The molecule has 2 aromatic rings. The number of aryl methyl sites for hydroxylation is 1. The summed E-state index contributed by atoms with van der Waals surface area (Å²) in [5.74, 6) is 0.421. The Labute approximate surface area is 113 Å². The van der Waals surface area contributed by atoms with E-state index in [0.717, 1.165) is 10.7 Å². The number of nitrogens with zero attached hydrogens (tertiary/aromatic N) is 3. The summed E-state index contributed by atoms with van der Waals surface area (Å²) < 4.78 is 1.68. The van der Waals surface area contributed by atoms with Gasteiger partial charge >= 0.3 is 5.97 Å². The van der Waals surface area contributed by atoms with Gasteiger partial charge in [-0.05, 0) is 18.2 Å². The molecule has 2 rings (SSSR count). The highest BCUT2D eigenvalue weighted by atomic mass is 35.5. The zero-order chi connectivity index (χ0) is 13.1. The molecule has 0 aliphatic rings. The summed E-state index contributed by atoms with van der Waals surface area (Å²) in [6.07, 6.45) is 1.49. The predicted octanol–water partition coefficient (Wildman–Crippen LogP) is 2.46. The number of aromatic carboxylic acids is 1. The average Bonchev–Trinajstić information content (AvgIpc) is 2.73. The van der Waals surface area contributed by atoms with Gasteiger partial charge in [0, 0.05) is 11.9 Å². The van der Waals surface area contributed by atoms with Crippen molar-refractivity contribution in [1.29, 1.82) is 0 Å². The quantitative estimate of drug-likeness (QED) is 0.873. The van der Waals surface area contributed by atoms with E-state index in [1.54, 1.807) is 22.9 Å². The molecule has 1 aromatic carbocycles. The number of halogens is 1. The van der Waals surface area contributed by atoms with Crippen LogP contribution in [-0.4, -0.2) is 25.8 Å². The fourth-order valence-electron chi connectivity index (χ4n) is 1.36. The first-order chi connectivity index (χ1) is 8.58. The number of rotatable bonds is 4. The molecule has 1 heterocycles. The minimum absolute atomic E-state index is 0.111. The summed E-state index contributed by atoms with van der Waals surface area (Å²) in [4.78, 5) is 15.9. The molecule has 0 saturated heterocycles. The lowest BCUT2D eigenvalue weighted by Gasteiger charge is -2.04. The minimum Gasteiger partial charge on any atom is -0.478 e. The second-order valence-electron chi connectivity index (χ2n) is 3.54. The lowest BCUT2D eigenvalue weighted by molar-refractivity contribution is 0.0697. The van der Waals surface area contributed by atoms with Crippen molar-refractivity contribution in [3.05, 3.63) is 40.9 Å².